The number of nitrogens with one attached hydrogen (secondary N) is 1. The average Bonchev–Trinajstić information content (AvgIpc) is 2.38. The van der Waals surface area contributed by atoms with E-state index in [1.54, 1.807) is 12.1 Å². The van der Waals surface area contributed by atoms with E-state index < -0.39 is 10.0 Å². The lowest BCUT2D eigenvalue weighted by molar-refractivity contribution is 0.601. The van der Waals surface area contributed by atoms with E-state index in [0.717, 1.165) is 0 Å². The molecule has 102 valence electrons. The number of hydrogen-bond donors (Lipinski definition) is 1. The van der Waals surface area contributed by atoms with Gasteiger partial charge in [-0.25, -0.2) is 13.4 Å². The van der Waals surface area contributed by atoms with Crippen LogP contribution >= 0.6 is 23.2 Å². The van der Waals surface area contributed by atoms with Crippen LogP contribution in [0.4, 0.5) is 5.82 Å². The first-order valence-corrected chi connectivity index (χ1v) is 7.51. The second-order valence-corrected chi connectivity index (χ2v) is 6.18. The van der Waals surface area contributed by atoms with Gasteiger partial charge in [-0.3, -0.25) is 4.72 Å². The van der Waals surface area contributed by atoms with Crippen molar-refractivity contribution >= 4 is 39.0 Å². The van der Waals surface area contributed by atoms with Crippen LogP contribution in [0.3, 0.4) is 0 Å². The zero-order valence-electron chi connectivity index (χ0n) is 9.84. The van der Waals surface area contributed by atoms with Gasteiger partial charge < -0.3 is 0 Å². The molecule has 0 spiro atoms. The maximum absolute atomic E-state index is 12.2. The van der Waals surface area contributed by atoms with E-state index >= 15 is 0 Å². The Kier molecular flexibility index (Phi) is 4.14. The molecule has 2 rings (SSSR count). The predicted octanol–water partition coefficient (Wildman–Crippen LogP) is 3.06. The first kappa shape index (κ1) is 14.6. The zero-order valence-corrected chi connectivity index (χ0v) is 12.2. The fourth-order valence-corrected chi connectivity index (χ4v) is 3.05. The summed E-state index contributed by atoms with van der Waals surface area (Å²) in [6, 6.07) is 10.3. The summed E-state index contributed by atoms with van der Waals surface area (Å²) >= 11 is 11.5. The van der Waals surface area contributed by atoms with Crippen LogP contribution < -0.4 is 4.72 Å². The van der Waals surface area contributed by atoms with Crippen molar-refractivity contribution in [2.24, 2.45) is 0 Å². The summed E-state index contributed by atoms with van der Waals surface area (Å²) in [4.78, 5) is 3.61. The number of nitriles is 1. The molecule has 1 aromatic heterocycles. The number of halogens is 2. The van der Waals surface area contributed by atoms with E-state index in [9.17, 15) is 8.42 Å². The SMILES string of the molecule is N#Cc1ccc(Cl)cc1S(=O)(=O)Nc1cccc(Cl)n1. The highest BCUT2D eigenvalue weighted by Gasteiger charge is 2.20. The number of anilines is 1. The molecule has 1 aromatic carbocycles. The summed E-state index contributed by atoms with van der Waals surface area (Å²) in [5, 5.41) is 9.32. The number of hydrogen-bond acceptors (Lipinski definition) is 4. The Morgan fingerprint density at radius 2 is 1.95 bits per heavy atom. The minimum absolute atomic E-state index is 0.0103. The molecule has 0 bridgehead atoms. The highest BCUT2D eigenvalue weighted by molar-refractivity contribution is 7.92. The highest BCUT2D eigenvalue weighted by atomic mass is 35.5. The van der Waals surface area contributed by atoms with E-state index in [0.29, 0.717) is 0 Å². The molecule has 2 aromatic rings. The molecule has 0 aliphatic rings. The van der Waals surface area contributed by atoms with Gasteiger partial charge in [-0.2, -0.15) is 5.26 Å². The minimum atomic E-state index is -3.97. The second-order valence-electron chi connectivity index (χ2n) is 3.70. The average molecular weight is 328 g/mol. The topological polar surface area (TPSA) is 82.8 Å². The van der Waals surface area contributed by atoms with Crippen molar-refractivity contribution in [3.05, 3.63) is 52.1 Å². The number of aromatic nitrogens is 1. The monoisotopic (exact) mass is 327 g/mol. The first-order valence-electron chi connectivity index (χ1n) is 5.27. The Morgan fingerprint density at radius 1 is 1.20 bits per heavy atom. The molecule has 0 saturated carbocycles. The Balaban J connectivity index is 2.46. The number of nitrogens with zero attached hydrogens (tertiary/aromatic N) is 2. The summed E-state index contributed by atoms with van der Waals surface area (Å²) in [5.74, 6) is 0.0568. The maximum Gasteiger partial charge on any atom is 0.264 e. The third kappa shape index (κ3) is 3.20. The van der Waals surface area contributed by atoms with Crippen LogP contribution in [-0.2, 0) is 10.0 Å². The van der Waals surface area contributed by atoms with Crippen LogP contribution in [0.2, 0.25) is 10.2 Å². The molecule has 0 atom stereocenters. The molecule has 0 unspecified atom stereocenters. The standard InChI is InChI=1S/C12H7Cl2N3O2S/c13-9-5-4-8(7-15)10(6-9)20(18,19)17-12-3-1-2-11(14)16-12/h1-6H,(H,16,17). The van der Waals surface area contributed by atoms with Gasteiger partial charge in [0, 0.05) is 5.02 Å². The summed E-state index contributed by atoms with van der Waals surface area (Å²) < 4.78 is 26.7. The number of benzene rings is 1. The molecule has 20 heavy (non-hydrogen) atoms. The number of rotatable bonds is 3. The molecular formula is C12H7Cl2N3O2S. The van der Waals surface area contributed by atoms with Gasteiger partial charge in [0.05, 0.1) is 5.56 Å². The van der Waals surface area contributed by atoms with E-state index in [1.807, 2.05) is 0 Å². The molecule has 0 aliphatic heterocycles. The Labute approximate surface area is 125 Å². The molecule has 5 nitrogen and oxygen atoms in total. The zero-order chi connectivity index (χ0) is 14.8. The van der Waals surface area contributed by atoms with Gasteiger partial charge in [-0.05, 0) is 30.3 Å². The van der Waals surface area contributed by atoms with Crippen LogP contribution in [-0.4, -0.2) is 13.4 Å². The lowest BCUT2D eigenvalue weighted by Crippen LogP contribution is -2.15. The van der Waals surface area contributed by atoms with Crippen molar-refractivity contribution in [1.29, 1.82) is 5.26 Å². The fraction of sp³-hybridized carbons (Fsp3) is 0. The van der Waals surface area contributed by atoms with Crippen molar-refractivity contribution in [3.63, 3.8) is 0 Å². The molecule has 0 aliphatic carbocycles. The van der Waals surface area contributed by atoms with E-state index in [-0.39, 0.29) is 26.5 Å². The minimum Gasteiger partial charge on any atom is -0.263 e. The van der Waals surface area contributed by atoms with Gasteiger partial charge in [0.2, 0.25) is 0 Å². The molecule has 0 amide bonds. The molecule has 1 heterocycles. The summed E-state index contributed by atoms with van der Waals surface area (Å²) in [6.07, 6.45) is 0. The van der Waals surface area contributed by atoms with E-state index in [1.165, 1.54) is 30.3 Å². The predicted molar refractivity (Wildman–Crippen MR) is 76.2 cm³/mol. The van der Waals surface area contributed by atoms with Gasteiger partial charge in [0.1, 0.15) is 21.9 Å². The van der Waals surface area contributed by atoms with Crippen LogP contribution in [0, 0.1) is 11.3 Å². The van der Waals surface area contributed by atoms with Crippen LogP contribution in [0.25, 0.3) is 0 Å². The van der Waals surface area contributed by atoms with Crippen LogP contribution in [0.15, 0.2) is 41.3 Å². The smallest absolute Gasteiger partial charge is 0.263 e. The Bertz CT molecular complexity index is 801. The fourth-order valence-electron chi connectivity index (χ4n) is 1.47. The summed E-state index contributed by atoms with van der Waals surface area (Å²) in [6.45, 7) is 0. The lowest BCUT2D eigenvalue weighted by Gasteiger charge is -2.09. The first-order chi connectivity index (χ1) is 9.42. The normalized spacial score (nSPS) is 10.8. The highest BCUT2D eigenvalue weighted by Crippen LogP contribution is 2.22. The lowest BCUT2D eigenvalue weighted by atomic mass is 10.2. The number of pyridine rings is 1. The number of sulfonamides is 1. The van der Waals surface area contributed by atoms with Crippen LogP contribution in [0.1, 0.15) is 5.56 Å². The third-order valence-corrected chi connectivity index (χ3v) is 4.15. The quantitative estimate of drug-likeness (QED) is 0.878. The van der Waals surface area contributed by atoms with Crippen molar-refractivity contribution < 1.29 is 8.42 Å². The van der Waals surface area contributed by atoms with Crippen molar-refractivity contribution in [2.75, 3.05) is 4.72 Å². The van der Waals surface area contributed by atoms with Crippen molar-refractivity contribution in [2.45, 2.75) is 4.90 Å². The van der Waals surface area contributed by atoms with Crippen LogP contribution in [0.5, 0.6) is 0 Å². The molecule has 0 radical (unpaired) electrons. The van der Waals surface area contributed by atoms with Crippen molar-refractivity contribution in [3.8, 4) is 6.07 Å². The van der Waals surface area contributed by atoms with E-state index in [4.69, 9.17) is 28.5 Å². The summed E-state index contributed by atoms with van der Waals surface area (Å²) in [5.41, 5.74) is -0.0103. The molecule has 8 heteroatoms. The van der Waals surface area contributed by atoms with Gasteiger partial charge in [-0.15, -0.1) is 0 Å². The van der Waals surface area contributed by atoms with Gasteiger partial charge in [-0.1, -0.05) is 29.3 Å². The largest absolute Gasteiger partial charge is 0.264 e. The third-order valence-electron chi connectivity index (χ3n) is 2.31. The molecule has 1 N–H and O–H groups in total. The molecule has 0 fully saturated rings. The maximum atomic E-state index is 12.2. The summed E-state index contributed by atoms with van der Waals surface area (Å²) in [7, 11) is -3.97. The Hall–Kier alpha value is -1.81. The van der Waals surface area contributed by atoms with Gasteiger partial charge in [0.15, 0.2) is 0 Å². The van der Waals surface area contributed by atoms with E-state index in [2.05, 4.69) is 9.71 Å². The molecule has 0 saturated heterocycles. The molecular weight excluding hydrogens is 321 g/mol. The van der Waals surface area contributed by atoms with Gasteiger partial charge >= 0.3 is 0 Å². The Morgan fingerprint density at radius 3 is 2.60 bits per heavy atom. The van der Waals surface area contributed by atoms with Gasteiger partial charge in [0.25, 0.3) is 10.0 Å². The van der Waals surface area contributed by atoms with Crippen molar-refractivity contribution in [1.82, 2.24) is 4.98 Å². The second kappa shape index (κ2) is 5.67.